The van der Waals surface area contributed by atoms with Gasteiger partial charge in [-0.15, -0.1) is 0 Å². The van der Waals surface area contributed by atoms with E-state index in [0.717, 1.165) is 5.56 Å². The highest BCUT2D eigenvalue weighted by atomic mass is 19.1. The Bertz CT molecular complexity index is 859. The highest BCUT2D eigenvalue weighted by molar-refractivity contribution is 6.03. The van der Waals surface area contributed by atoms with Crippen LogP contribution in [0.15, 0.2) is 60.8 Å². The predicted octanol–water partition coefficient (Wildman–Crippen LogP) is 3.80. The normalized spacial score (nSPS) is 10.6. The van der Waals surface area contributed by atoms with Crippen LogP contribution in [0.5, 0.6) is 0 Å². The minimum atomic E-state index is -0.320. The minimum Gasteiger partial charge on any atom is -0.377 e. The third-order valence-corrected chi connectivity index (χ3v) is 3.64. The number of nitrogens with one attached hydrogen (secondary N) is 1. The van der Waals surface area contributed by atoms with E-state index in [-0.39, 0.29) is 17.4 Å². The minimum absolute atomic E-state index is 0.274. The van der Waals surface area contributed by atoms with E-state index in [0.29, 0.717) is 24.6 Å². The van der Waals surface area contributed by atoms with Crippen LogP contribution in [-0.4, -0.2) is 22.3 Å². The fourth-order valence-corrected chi connectivity index (χ4v) is 2.35. The Morgan fingerprint density at radius 2 is 1.92 bits per heavy atom. The first-order valence-electron chi connectivity index (χ1n) is 7.96. The van der Waals surface area contributed by atoms with Crippen molar-refractivity contribution in [3.63, 3.8) is 0 Å². The van der Waals surface area contributed by atoms with Crippen LogP contribution in [0.2, 0.25) is 0 Å². The average Bonchev–Trinajstić information content (AvgIpc) is 3.12. The second-order valence-electron chi connectivity index (χ2n) is 5.37. The number of ether oxygens (including phenoxy) is 1. The van der Waals surface area contributed by atoms with Crippen LogP contribution in [0, 0.1) is 5.82 Å². The summed E-state index contributed by atoms with van der Waals surface area (Å²) in [4.78, 5) is 12.5. The van der Waals surface area contributed by atoms with Gasteiger partial charge in [0, 0.05) is 24.1 Å². The third kappa shape index (κ3) is 4.10. The SMILES string of the molecule is CCOCc1ccccc1NC(=O)c1ccn(-c2ccc(F)cc2)n1. The molecule has 0 fully saturated rings. The van der Waals surface area contributed by atoms with Gasteiger partial charge in [0.1, 0.15) is 5.82 Å². The Morgan fingerprint density at radius 3 is 2.68 bits per heavy atom. The Balaban J connectivity index is 1.75. The topological polar surface area (TPSA) is 56.1 Å². The van der Waals surface area contributed by atoms with Gasteiger partial charge >= 0.3 is 0 Å². The molecule has 3 aromatic rings. The summed E-state index contributed by atoms with van der Waals surface area (Å²) in [6, 6.07) is 15.0. The van der Waals surface area contributed by atoms with Crippen LogP contribution in [0.1, 0.15) is 23.0 Å². The first-order chi connectivity index (χ1) is 12.2. The van der Waals surface area contributed by atoms with E-state index in [4.69, 9.17) is 4.74 Å². The van der Waals surface area contributed by atoms with Gasteiger partial charge in [0.2, 0.25) is 0 Å². The molecule has 0 aliphatic carbocycles. The van der Waals surface area contributed by atoms with Crippen molar-refractivity contribution in [3.05, 3.63) is 77.9 Å². The van der Waals surface area contributed by atoms with Crippen molar-refractivity contribution in [2.24, 2.45) is 0 Å². The Kier molecular flexibility index (Phi) is 5.20. The Hall–Kier alpha value is -2.99. The highest BCUT2D eigenvalue weighted by Crippen LogP contribution is 2.17. The standard InChI is InChI=1S/C19H18FN3O2/c1-2-25-13-14-5-3-4-6-17(14)21-19(24)18-11-12-23(22-18)16-9-7-15(20)8-10-16/h3-12H,2,13H2,1H3,(H,21,24). The van der Waals surface area contributed by atoms with Gasteiger partial charge in [0.15, 0.2) is 5.69 Å². The number of hydrogen-bond acceptors (Lipinski definition) is 3. The molecule has 1 amide bonds. The van der Waals surface area contributed by atoms with Crippen molar-refractivity contribution in [2.75, 3.05) is 11.9 Å². The summed E-state index contributed by atoms with van der Waals surface area (Å²) in [7, 11) is 0. The summed E-state index contributed by atoms with van der Waals surface area (Å²) < 4.78 is 19.9. The number of aromatic nitrogens is 2. The van der Waals surface area contributed by atoms with Crippen LogP contribution in [0.25, 0.3) is 5.69 Å². The van der Waals surface area contributed by atoms with Crippen molar-refractivity contribution in [3.8, 4) is 5.69 Å². The molecule has 0 unspecified atom stereocenters. The quantitative estimate of drug-likeness (QED) is 0.743. The number of carbonyl (C=O) groups excluding carboxylic acids is 1. The van der Waals surface area contributed by atoms with Gasteiger partial charge in [-0.25, -0.2) is 9.07 Å². The maximum atomic E-state index is 13.0. The van der Waals surface area contributed by atoms with E-state index in [2.05, 4.69) is 10.4 Å². The number of carbonyl (C=O) groups is 1. The zero-order valence-corrected chi connectivity index (χ0v) is 13.8. The molecule has 0 saturated heterocycles. The van der Waals surface area contributed by atoms with Gasteiger partial charge in [-0.05, 0) is 43.3 Å². The van der Waals surface area contributed by atoms with Gasteiger partial charge in [0.05, 0.1) is 12.3 Å². The summed E-state index contributed by atoms with van der Waals surface area (Å²) in [5.74, 6) is -0.635. The fraction of sp³-hybridized carbons (Fsp3) is 0.158. The summed E-state index contributed by atoms with van der Waals surface area (Å²) >= 11 is 0. The predicted molar refractivity (Wildman–Crippen MR) is 93.2 cm³/mol. The van der Waals surface area contributed by atoms with Crippen LogP contribution >= 0.6 is 0 Å². The van der Waals surface area contributed by atoms with Crippen molar-refractivity contribution in [1.29, 1.82) is 0 Å². The molecule has 1 N–H and O–H groups in total. The number of halogens is 1. The second-order valence-corrected chi connectivity index (χ2v) is 5.37. The molecule has 0 saturated carbocycles. The summed E-state index contributed by atoms with van der Waals surface area (Å²) in [6.07, 6.45) is 1.66. The van der Waals surface area contributed by atoms with Gasteiger partial charge < -0.3 is 10.1 Å². The fourth-order valence-electron chi connectivity index (χ4n) is 2.35. The molecule has 0 bridgehead atoms. The lowest BCUT2D eigenvalue weighted by Crippen LogP contribution is -2.14. The first kappa shape index (κ1) is 16.9. The molecule has 25 heavy (non-hydrogen) atoms. The van der Waals surface area contributed by atoms with E-state index in [1.807, 2.05) is 31.2 Å². The zero-order valence-electron chi connectivity index (χ0n) is 13.8. The number of amides is 1. The lowest BCUT2D eigenvalue weighted by atomic mass is 10.2. The molecule has 2 aromatic carbocycles. The highest BCUT2D eigenvalue weighted by Gasteiger charge is 2.12. The largest absolute Gasteiger partial charge is 0.377 e. The van der Waals surface area contributed by atoms with Crippen LogP contribution in [0.3, 0.4) is 0 Å². The zero-order chi connectivity index (χ0) is 17.6. The molecule has 128 valence electrons. The monoisotopic (exact) mass is 339 g/mol. The van der Waals surface area contributed by atoms with Gasteiger partial charge in [-0.1, -0.05) is 18.2 Å². The van der Waals surface area contributed by atoms with Crippen LogP contribution in [0.4, 0.5) is 10.1 Å². The molecule has 1 heterocycles. The van der Waals surface area contributed by atoms with Crippen molar-refractivity contribution >= 4 is 11.6 Å². The Morgan fingerprint density at radius 1 is 1.16 bits per heavy atom. The maximum Gasteiger partial charge on any atom is 0.276 e. The van der Waals surface area contributed by atoms with Crippen molar-refractivity contribution < 1.29 is 13.9 Å². The number of hydrogen-bond donors (Lipinski definition) is 1. The lowest BCUT2D eigenvalue weighted by Gasteiger charge is -2.10. The average molecular weight is 339 g/mol. The first-order valence-corrected chi connectivity index (χ1v) is 7.96. The lowest BCUT2D eigenvalue weighted by molar-refractivity contribution is 0.102. The van der Waals surface area contributed by atoms with Gasteiger partial charge in [-0.2, -0.15) is 5.10 Å². The number of para-hydroxylation sites is 1. The Labute approximate surface area is 145 Å². The second kappa shape index (κ2) is 7.72. The van der Waals surface area contributed by atoms with E-state index in [1.165, 1.54) is 16.8 Å². The number of nitrogens with zero attached hydrogens (tertiary/aromatic N) is 2. The molecule has 5 nitrogen and oxygen atoms in total. The molecule has 3 rings (SSSR count). The molecular formula is C19H18FN3O2. The molecule has 0 radical (unpaired) electrons. The number of rotatable bonds is 6. The summed E-state index contributed by atoms with van der Waals surface area (Å²) in [6.45, 7) is 2.95. The molecule has 6 heteroatoms. The smallest absolute Gasteiger partial charge is 0.276 e. The van der Waals surface area contributed by atoms with Gasteiger partial charge in [0.25, 0.3) is 5.91 Å². The van der Waals surface area contributed by atoms with E-state index >= 15 is 0 Å². The molecule has 0 aliphatic heterocycles. The van der Waals surface area contributed by atoms with E-state index in [9.17, 15) is 9.18 Å². The summed E-state index contributed by atoms with van der Waals surface area (Å²) in [5, 5.41) is 7.10. The van der Waals surface area contributed by atoms with Gasteiger partial charge in [-0.3, -0.25) is 4.79 Å². The van der Waals surface area contributed by atoms with Crippen LogP contribution in [-0.2, 0) is 11.3 Å². The maximum absolute atomic E-state index is 13.0. The van der Waals surface area contributed by atoms with Crippen LogP contribution < -0.4 is 5.32 Å². The molecule has 1 aromatic heterocycles. The molecular weight excluding hydrogens is 321 g/mol. The molecule has 0 spiro atoms. The molecule has 0 atom stereocenters. The van der Waals surface area contributed by atoms with Crippen molar-refractivity contribution in [2.45, 2.75) is 13.5 Å². The van der Waals surface area contributed by atoms with E-state index < -0.39 is 0 Å². The van der Waals surface area contributed by atoms with Crippen molar-refractivity contribution in [1.82, 2.24) is 9.78 Å². The number of anilines is 1. The third-order valence-electron chi connectivity index (χ3n) is 3.64. The van der Waals surface area contributed by atoms with E-state index in [1.54, 1.807) is 24.4 Å². The molecule has 0 aliphatic rings. The summed E-state index contributed by atoms with van der Waals surface area (Å²) in [5.41, 5.74) is 2.54. The number of benzene rings is 2.